The molecule has 1 atom stereocenters. The Bertz CT molecular complexity index is 241. The van der Waals surface area contributed by atoms with Gasteiger partial charge in [0.15, 0.2) is 11.7 Å². The van der Waals surface area contributed by atoms with Crippen LogP contribution in [0.25, 0.3) is 0 Å². The molecule has 0 aromatic rings. The van der Waals surface area contributed by atoms with Crippen molar-refractivity contribution in [1.29, 1.82) is 0 Å². The van der Waals surface area contributed by atoms with Crippen molar-refractivity contribution in [2.45, 2.75) is 6.30 Å². The molecular formula is C5HF6N. The van der Waals surface area contributed by atoms with Crippen LogP contribution in [0, 0.1) is 0 Å². The van der Waals surface area contributed by atoms with E-state index in [1.807, 2.05) is 0 Å². The molecule has 1 aliphatic heterocycles. The van der Waals surface area contributed by atoms with E-state index in [9.17, 15) is 26.4 Å². The molecule has 0 bridgehead atoms. The van der Waals surface area contributed by atoms with E-state index in [1.165, 1.54) is 0 Å². The fourth-order valence-electron chi connectivity index (χ4n) is 0.593. The van der Waals surface area contributed by atoms with Crippen molar-refractivity contribution in [3.05, 3.63) is 23.4 Å². The third-order valence-electron chi connectivity index (χ3n) is 1.18. The molecule has 0 aromatic heterocycles. The largest absolute Gasteiger partial charge is 0.259 e. The lowest BCUT2D eigenvalue weighted by molar-refractivity contribution is -0.0675. The molecule has 1 rings (SSSR count). The average Bonchev–Trinajstić information content (AvgIpc) is 2.08. The van der Waals surface area contributed by atoms with E-state index < -0.39 is 34.8 Å². The maximum Gasteiger partial charge on any atom is 0.259 e. The molecule has 0 spiro atoms. The maximum atomic E-state index is 12.1. The summed E-state index contributed by atoms with van der Waals surface area (Å²) in [5.41, 5.74) is 0. The molecule has 0 aliphatic carbocycles. The van der Waals surface area contributed by atoms with Gasteiger partial charge in [-0.05, 0) is 0 Å². The first-order chi connectivity index (χ1) is 5.46. The second-order valence-corrected chi connectivity index (χ2v) is 1.91. The SMILES string of the molecule is FC1=C(F)C(F)N(F)C(F)=C1F. The number of rotatable bonds is 0. The van der Waals surface area contributed by atoms with Crippen LogP contribution in [0.1, 0.15) is 0 Å². The molecule has 1 aliphatic rings. The van der Waals surface area contributed by atoms with Crippen LogP contribution in [-0.2, 0) is 0 Å². The lowest BCUT2D eigenvalue weighted by Crippen LogP contribution is -2.27. The Labute approximate surface area is 62.5 Å². The fraction of sp³-hybridized carbons (Fsp3) is 0.200. The number of allylic oxidation sites excluding steroid dienone is 2. The van der Waals surface area contributed by atoms with Crippen LogP contribution in [0.15, 0.2) is 23.4 Å². The highest BCUT2D eigenvalue weighted by atomic mass is 19.2. The molecule has 7 heteroatoms. The van der Waals surface area contributed by atoms with Gasteiger partial charge in [-0.2, -0.15) is 8.78 Å². The third kappa shape index (κ3) is 1.05. The van der Waals surface area contributed by atoms with Gasteiger partial charge in [0.05, 0.1) is 0 Å². The highest BCUT2D eigenvalue weighted by Gasteiger charge is 2.38. The zero-order valence-electron chi connectivity index (χ0n) is 5.29. The molecule has 1 heterocycles. The quantitative estimate of drug-likeness (QED) is 0.321. The molecule has 1 unspecified atom stereocenters. The van der Waals surface area contributed by atoms with Crippen molar-refractivity contribution in [2.75, 3.05) is 0 Å². The van der Waals surface area contributed by atoms with E-state index in [4.69, 9.17) is 0 Å². The van der Waals surface area contributed by atoms with Crippen LogP contribution < -0.4 is 0 Å². The van der Waals surface area contributed by atoms with Crippen molar-refractivity contribution in [3.63, 3.8) is 0 Å². The smallest absolute Gasteiger partial charge is 0.213 e. The molecule has 0 N–H and O–H groups in total. The second kappa shape index (κ2) is 2.72. The van der Waals surface area contributed by atoms with Gasteiger partial charge in [0, 0.05) is 0 Å². The van der Waals surface area contributed by atoms with Gasteiger partial charge in [-0.15, -0.1) is 5.12 Å². The van der Waals surface area contributed by atoms with E-state index in [-0.39, 0.29) is 0 Å². The molecule has 68 valence electrons. The fourth-order valence-corrected chi connectivity index (χ4v) is 0.593. The monoisotopic (exact) mass is 189 g/mol. The van der Waals surface area contributed by atoms with E-state index in [0.717, 1.165) is 0 Å². The van der Waals surface area contributed by atoms with Crippen molar-refractivity contribution >= 4 is 0 Å². The minimum atomic E-state index is -3.26. The average molecular weight is 189 g/mol. The Morgan fingerprint density at radius 1 is 1.00 bits per heavy atom. The van der Waals surface area contributed by atoms with Gasteiger partial charge >= 0.3 is 0 Å². The predicted molar refractivity (Wildman–Crippen MR) is 26.3 cm³/mol. The lowest BCUT2D eigenvalue weighted by Gasteiger charge is -2.19. The maximum absolute atomic E-state index is 12.1. The number of halogens is 6. The summed E-state index contributed by atoms with van der Waals surface area (Å²) in [6.07, 6.45) is -3.26. The van der Waals surface area contributed by atoms with Gasteiger partial charge in [-0.25, -0.2) is 13.2 Å². The van der Waals surface area contributed by atoms with E-state index in [1.54, 1.807) is 0 Å². The van der Waals surface area contributed by atoms with Crippen LogP contribution in [0.5, 0.6) is 0 Å². The van der Waals surface area contributed by atoms with Gasteiger partial charge in [0.2, 0.25) is 5.83 Å². The summed E-state index contributed by atoms with van der Waals surface area (Å²) in [6.45, 7) is 0. The normalized spacial score (nSPS) is 25.5. The first kappa shape index (κ1) is 8.95. The van der Waals surface area contributed by atoms with E-state index >= 15 is 0 Å². The predicted octanol–water partition coefficient (Wildman–Crippen LogP) is 2.74. The summed E-state index contributed by atoms with van der Waals surface area (Å²) in [6, 6.07) is 0. The molecule has 0 saturated heterocycles. The Hall–Kier alpha value is -1.14. The van der Waals surface area contributed by atoms with Gasteiger partial charge in [0.1, 0.15) is 0 Å². The third-order valence-corrected chi connectivity index (χ3v) is 1.18. The summed E-state index contributed by atoms with van der Waals surface area (Å²) in [4.78, 5) is 0. The van der Waals surface area contributed by atoms with Gasteiger partial charge in [0.25, 0.3) is 12.2 Å². The van der Waals surface area contributed by atoms with Crippen LogP contribution in [0.3, 0.4) is 0 Å². The number of alkyl halides is 1. The van der Waals surface area contributed by atoms with Crippen molar-refractivity contribution < 1.29 is 26.4 Å². The van der Waals surface area contributed by atoms with Crippen molar-refractivity contribution in [3.8, 4) is 0 Å². The highest BCUT2D eigenvalue weighted by molar-refractivity contribution is 5.29. The Kier molecular flexibility index (Phi) is 2.03. The van der Waals surface area contributed by atoms with Crippen LogP contribution in [0.4, 0.5) is 26.4 Å². The summed E-state index contributed by atoms with van der Waals surface area (Å²) in [5, 5.41) is -1.48. The molecule has 1 nitrogen and oxygen atoms in total. The zero-order chi connectivity index (χ0) is 9.46. The standard InChI is InChI=1S/C5HF6N/c6-1-2(7)4(9)12(11)5(10)3(1)8/h4H. The van der Waals surface area contributed by atoms with Gasteiger partial charge < -0.3 is 0 Å². The molecule has 12 heavy (non-hydrogen) atoms. The topological polar surface area (TPSA) is 3.24 Å². The van der Waals surface area contributed by atoms with E-state index in [0.29, 0.717) is 0 Å². The molecule has 0 aromatic carbocycles. The number of hydrogen-bond acceptors (Lipinski definition) is 1. The Balaban J connectivity index is 3.18. The van der Waals surface area contributed by atoms with Crippen LogP contribution >= 0.6 is 0 Å². The molecular weight excluding hydrogens is 188 g/mol. The second-order valence-electron chi connectivity index (χ2n) is 1.91. The first-order valence-corrected chi connectivity index (χ1v) is 2.66. The van der Waals surface area contributed by atoms with Crippen LogP contribution in [-0.4, -0.2) is 11.4 Å². The van der Waals surface area contributed by atoms with Crippen molar-refractivity contribution in [1.82, 2.24) is 5.12 Å². The first-order valence-electron chi connectivity index (χ1n) is 2.66. The Morgan fingerprint density at radius 3 is 2.00 bits per heavy atom. The Morgan fingerprint density at radius 2 is 1.50 bits per heavy atom. The van der Waals surface area contributed by atoms with Gasteiger partial charge in [-0.3, -0.25) is 0 Å². The molecule has 0 saturated carbocycles. The molecule has 0 radical (unpaired) electrons. The zero-order valence-corrected chi connectivity index (χ0v) is 5.29. The summed E-state index contributed by atoms with van der Waals surface area (Å²) < 4.78 is 72.2. The highest BCUT2D eigenvalue weighted by Crippen LogP contribution is 2.35. The molecule has 0 fully saturated rings. The van der Waals surface area contributed by atoms with Gasteiger partial charge in [-0.1, -0.05) is 4.48 Å². The van der Waals surface area contributed by atoms with E-state index in [2.05, 4.69) is 0 Å². The lowest BCUT2D eigenvalue weighted by atomic mass is 10.3. The number of hydrogen-bond donors (Lipinski definition) is 0. The van der Waals surface area contributed by atoms with Crippen molar-refractivity contribution in [2.24, 2.45) is 0 Å². The minimum Gasteiger partial charge on any atom is -0.213 e. The summed E-state index contributed by atoms with van der Waals surface area (Å²) in [7, 11) is 0. The summed E-state index contributed by atoms with van der Waals surface area (Å²) in [5.74, 6) is -9.48. The number of nitrogens with zero attached hydrogens (tertiary/aromatic N) is 1. The molecule has 0 amide bonds. The minimum absolute atomic E-state index is 1.48. The summed E-state index contributed by atoms with van der Waals surface area (Å²) >= 11 is 0. The van der Waals surface area contributed by atoms with Crippen LogP contribution in [0.2, 0.25) is 0 Å².